The van der Waals surface area contributed by atoms with E-state index in [9.17, 15) is 8.78 Å². The number of rotatable bonds is 7. The van der Waals surface area contributed by atoms with Crippen molar-refractivity contribution < 1.29 is 13.5 Å². The van der Waals surface area contributed by atoms with Crippen LogP contribution in [0, 0.1) is 11.6 Å². The van der Waals surface area contributed by atoms with Gasteiger partial charge < -0.3 is 15.4 Å². The molecule has 2 rings (SSSR count). The summed E-state index contributed by atoms with van der Waals surface area (Å²) in [5, 5.41) is 5.71. The number of aryl methyl sites for hydroxylation is 1. The number of halogens is 2. The number of ether oxygens (including phenoxy) is 1. The number of benzene rings is 2. The quantitative estimate of drug-likeness (QED) is 0.552. The van der Waals surface area contributed by atoms with Crippen molar-refractivity contribution in [3.63, 3.8) is 0 Å². The lowest BCUT2D eigenvalue weighted by Crippen LogP contribution is -2.30. The van der Waals surface area contributed by atoms with Gasteiger partial charge in [0.05, 0.1) is 6.10 Å². The number of hydrogen-bond donors (Lipinski definition) is 2. The van der Waals surface area contributed by atoms with Gasteiger partial charge in [-0.1, -0.05) is 18.2 Å². The molecule has 0 bridgehead atoms. The Labute approximate surface area is 152 Å². The van der Waals surface area contributed by atoms with Gasteiger partial charge in [-0.2, -0.15) is 0 Å². The summed E-state index contributed by atoms with van der Waals surface area (Å²) in [7, 11) is 0. The van der Waals surface area contributed by atoms with E-state index in [1.807, 2.05) is 38.1 Å². The van der Waals surface area contributed by atoms with E-state index in [-0.39, 0.29) is 16.9 Å². The zero-order valence-corrected chi connectivity index (χ0v) is 15.1. The zero-order chi connectivity index (χ0) is 18.2. The highest BCUT2D eigenvalue weighted by atomic mass is 32.1. The van der Waals surface area contributed by atoms with Gasteiger partial charge in [-0.15, -0.1) is 0 Å². The number of anilines is 1. The average molecular weight is 364 g/mol. The molecule has 134 valence electrons. The number of hydrogen-bond acceptors (Lipinski definition) is 2. The van der Waals surface area contributed by atoms with Gasteiger partial charge in [-0.25, -0.2) is 8.78 Å². The van der Waals surface area contributed by atoms with E-state index in [1.165, 1.54) is 23.8 Å². The second-order valence-corrected chi connectivity index (χ2v) is 6.30. The summed E-state index contributed by atoms with van der Waals surface area (Å²) in [5.74, 6) is -0.495. The summed E-state index contributed by atoms with van der Waals surface area (Å²) < 4.78 is 32.8. The van der Waals surface area contributed by atoms with Crippen LogP contribution in [-0.4, -0.2) is 17.8 Å². The minimum absolute atomic E-state index is 0.138. The SMILES string of the molecule is CC(C)Oc1cccc(CCCNC(=S)Nc2c(F)cccc2F)c1. The van der Waals surface area contributed by atoms with Crippen molar-refractivity contribution in [2.24, 2.45) is 0 Å². The molecule has 2 N–H and O–H groups in total. The minimum atomic E-state index is -0.675. The van der Waals surface area contributed by atoms with Gasteiger partial charge in [0.25, 0.3) is 0 Å². The fourth-order valence-corrected chi connectivity index (χ4v) is 2.52. The molecule has 0 aromatic heterocycles. The molecule has 0 aliphatic rings. The second kappa shape index (κ2) is 9.32. The number of nitrogens with one attached hydrogen (secondary N) is 2. The Morgan fingerprint density at radius 3 is 2.48 bits per heavy atom. The van der Waals surface area contributed by atoms with Crippen LogP contribution in [0.25, 0.3) is 0 Å². The van der Waals surface area contributed by atoms with Crippen LogP contribution in [0.5, 0.6) is 5.75 Å². The zero-order valence-electron chi connectivity index (χ0n) is 14.3. The van der Waals surface area contributed by atoms with Crippen LogP contribution in [-0.2, 0) is 6.42 Å². The average Bonchev–Trinajstić information content (AvgIpc) is 2.55. The lowest BCUT2D eigenvalue weighted by molar-refractivity contribution is 0.242. The van der Waals surface area contributed by atoms with Crippen molar-refractivity contribution in [1.82, 2.24) is 5.32 Å². The molecule has 0 spiro atoms. The van der Waals surface area contributed by atoms with Crippen molar-refractivity contribution in [1.29, 1.82) is 0 Å². The Morgan fingerprint density at radius 1 is 1.12 bits per heavy atom. The molecule has 0 aliphatic carbocycles. The maximum absolute atomic E-state index is 13.5. The predicted molar refractivity (Wildman–Crippen MR) is 101 cm³/mol. The molecule has 6 heteroatoms. The summed E-state index contributed by atoms with van der Waals surface area (Å²) in [6, 6.07) is 11.6. The van der Waals surface area contributed by atoms with Gasteiger partial charge in [-0.3, -0.25) is 0 Å². The minimum Gasteiger partial charge on any atom is -0.491 e. The smallest absolute Gasteiger partial charge is 0.170 e. The van der Waals surface area contributed by atoms with Crippen LogP contribution in [0.15, 0.2) is 42.5 Å². The summed E-state index contributed by atoms with van der Waals surface area (Å²) in [6.07, 6.45) is 1.81. The fourth-order valence-electron chi connectivity index (χ4n) is 2.32. The van der Waals surface area contributed by atoms with Crippen molar-refractivity contribution in [2.75, 3.05) is 11.9 Å². The van der Waals surface area contributed by atoms with Gasteiger partial charge in [0.15, 0.2) is 5.11 Å². The largest absolute Gasteiger partial charge is 0.491 e. The Morgan fingerprint density at radius 2 is 1.80 bits per heavy atom. The number of para-hydroxylation sites is 1. The fraction of sp³-hybridized carbons (Fsp3) is 0.316. The Bertz CT molecular complexity index is 702. The highest BCUT2D eigenvalue weighted by molar-refractivity contribution is 7.80. The first kappa shape index (κ1) is 19.1. The molecule has 0 heterocycles. The molecule has 2 aromatic carbocycles. The molecule has 0 unspecified atom stereocenters. The molecule has 3 nitrogen and oxygen atoms in total. The lowest BCUT2D eigenvalue weighted by atomic mass is 10.1. The van der Waals surface area contributed by atoms with E-state index >= 15 is 0 Å². The van der Waals surface area contributed by atoms with Gasteiger partial charge in [0, 0.05) is 6.54 Å². The van der Waals surface area contributed by atoms with Crippen LogP contribution in [0.3, 0.4) is 0 Å². The molecule has 0 saturated heterocycles. The van der Waals surface area contributed by atoms with Crippen LogP contribution in [0.1, 0.15) is 25.8 Å². The molecule has 0 radical (unpaired) electrons. The van der Waals surface area contributed by atoms with Crippen LogP contribution in [0.2, 0.25) is 0 Å². The molecule has 0 atom stereocenters. The van der Waals surface area contributed by atoms with E-state index in [0.717, 1.165) is 18.6 Å². The standard InChI is InChI=1S/C19H22F2N2OS/c1-13(2)24-15-8-3-6-14(12-15)7-5-11-22-19(25)23-18-16(20)9-4-10-17(18)21/h3-4,6,8-10,12-13H,5,7,11H2,1-2H3,(H2,22,23,25). The normalized spacial score (nSPS) is 10.6. The van der Waals surface area contributed by atoms with Gasteiger partial charge in [0.1, 0.15) is 23.1 Å². The van der Waals surface area contributed by atoms with Crippen LogP contribution in [0.4, 0.5) is 14.5 Å². The molecular weight excluding hydrogens is 342 g/mol. The van der Waals surface area contributed by atoms with Gasteiger partial charge >= 0.3 is 0 Å². The van der Waals surface area contributed by atoms with E-state index in [0.29, 0.717) is 6.54 Å². The van der Waals surface area contributed by atoms with E-state index in [4.69, 9.17) is 17.0 Å². The third-order valence-electron chi connectivity index (χ3n) is 3.40. The third-order valence-corrected chi connectivity index (χ3v) is 3.65. The topological polar surface area (TPSA) is 33.3 Å². The van der Waals surface area contributed by atoms with Crippen LogP contribution < -0.4 is 15.4 Å². The molecule has 2 aromatic rings. The van der Waals surface area contributed by atoms with Gasteiger partial charge in [0.2, 0.25) is 0 Å². The molecule has 0 fully saturated rings. The first-order chi connectivity index (χ1) is 12.0. The van der Waals surface area contributed by atoms with Crippen molar-refractivity contribution >= 4 is 23.0 Å². The number of thiocarbonyl (C=S) groups is 1. The summed E-state index contributed by atoms with van der Waals surface area (Å²) in [6.45, 7) is 4.57. The molecular formula is C19H22F2N2OS. The maximum atomic E-state index is 13.5. The third kappa shape index (κ3) is 6.31. The highest BCUT2D eigenvalue weighted by Gasteiger charge is 2.09. The van der Waals surface area contributed by atoms with Crippen LogP contribution >= 0.6 is 12.2 Å². The molecule has 0 amide bonds. The summed E-state index contributed by atoms with van der Waals surface area (Å²) >= 11 is 5.08. The Balaban J connectivity index is 1.76. The molecule has 0 saturated carbocycles. The van der Waals surface area contributed by atoms with E-state index < -0.39 is 11.6 Å². The van der Waals surface area contributed by atoms with Crippen molar-refractivity contribution in [2.45, 2.75) is 32.8 Å². The highest BCUT2D eigenvalue weighted by Crippen LogP contribution is 2.18. The van der Waals surface area contributed by atoms with Crippen molar-refractivity contribution in [3.8, 4) is 5.75 Å². The second-order valence-electron chi connectivity index (χ2n) is 5.90. The lowest BCUT2D eigenvalue weighted by Gasteiger charge is -2.12. The van der Waals surface area contributed by atoms with Crippen molar-refractivity contribution in [3.05, 3.63) is 59.7 Å². The van der Waals surface area contributed by atoms with E-state index in [2.05, 4.69) is 10.6 Å². The van der Waals surface area contributed by atoms with Gasteiger partial charge in [-0.05, 0) is 68.7 Å². The first-order valence-corrected chi connectivity index (χ1v) is 8.61. The Hall–Kier alpha value is -2.21. The Kier molecular flexibility index (Phi) is 7.13. The molecule has 25 heavy (non-hydrogen) atoms. The summed E-state index contributed by atoms with van der Waals surface area (Å²) in [5.41, 5.74) is 0.928. The molecule has 0 aliphatic heterocycles. The van der Waals surface area contributed by atoms with E-state index in [1.54, 1.807) is 0 Å². The predicted octanol–water partition coefficient (Wildman–Crippen LogP) is 4.67. The summed E-state index contributed by atoms with van der Waals surface area (Å²) in [4.78, 5) is 0. The monoisotopic (exact) mass is 364 g/mol. The first-order valence-electron chi connectivity index (χ1n) is 8.20. The maximum Gasteiger partial charge on any atom is 0.170 e.